The second kappa shape index (κ2) is 4.84. The molecule has 0 aromatic carbocycles. The molecule has 0 heterocycles. The maximum absolute atomic E-state index is 8.62. The molecule has 0 aliphatic carbocycles. The molecule has 0 saturated carbocycles. The van der Waals surface area contributed by atoms with Crippen molar-refractivity contribution >= 4 is 8.56 Å². The Kier molecular flexibility index (Phi) is 4.86. The molecule has 1 unspecified atom stereocenters. The van der Waals surface area contributed by atoms with Crippen molar-refractivity contribution in [3.8, 4) is 0 Å². The van der Waals surface area contributed by atoms with Crippen LogP contribution >= 0.6 is 0 Å². The summed E-state index contributed by atoms with van der Waals surface area (Å²) in [6.45, 7) is 1.96. The number of aliphatic hydroxyl groups is 1. The van der Waals surface area contributed by atoms with Crippen LogP contribution in [-0.4, -0.2) is 40.2 Å². The highest BCUT2D eigenvalue weighted by atomic mass is 28.4. The van der Waals surface area contributed by atoms with E-state index in [1.54, 1.807) is 14.2 Å². The lowest BCUT2D eigenvalue weighted by atomic mass is 10.5. The van der Waals surface area contributed by atoms with Gasteiger partial charge in [-0.3, -0.25) is 0 Å². The van der Waals surface area contributed by atoms with Crippen LogP contribution in [0.3, 0.4) is 0 Å². The summed E-state index contributed by atoms with van der Waals surface area (Å²) < 4.78 is 10.4. The van der Waals surface area contributed by atoms with Gasteiger partial charge in [0.05, 0.1) is 5.67 Å². The third kappa shape index (κ3) is 2.88. The molecule has 3 N–H and O–H groups in total. The summed E-state index contributed by atoms with van der Waals surface area (Å²) >= 11 is 0. The maximum Gasteiger partial charge on any atom is 0.351 e. The quantitative estimate of drug-likeness (QED) is 0.564. The first-order valence-corrected chi connectivity index (χ1v) is 5.97. The van der Waals surface area contributed by atoms with Crippen LogP contribution in [0.15, 0.2) is 0 Å². The average molecular weight is 179 g/mol. The van der Waals surface area contributed by atoms with E-state index < -0.39 is 8.56 Å². The Hall–Kier alpha value is 0.0569. The van der Waals surface area contributed by atoms with Crippen molar-refractivity contribution in [3.05, 3.63) is 0 Å². The standard InChI is InChI=1S/C6H17NO3Si/c1-9-11(3,10-2)6(7)4-5-8/h6,8H,4-5,7H2,1-3H3. The molecule has 0 aliphatic rings. The van der Waals surface area contributed by atoms with E-state index >= 15 is 0 Å². The van der Waals surface area contributed by atoms with Gasteiger partial charge in [-0.1, -0.05) is 0 Å². The second-order valence-electron chi connectivity index (χ2n) is 2.54. The molecule has 0 fully saturated rings. The van der Waals surface area contributed by atoms with Gasteiger partial charge in [0.2, 0.25) is 0 Å². The van der Waals surface area contributed by atoms with E-state index in [2.05, 4.69) is 0 Å². The summed E-state index contributed by atoms with van der Waals surface area (Å²) in [7, 11) is 0.977. The van der Waals surface area contributed by atoms with Crippen molar-refractivity contribution in [2.24, 2.45) is 5.73 Å². The highest BCUT2D eigenvalue weighted by Gasteiger charge is 2.36. The fourth-order valence-electron chi connectivity index (χ4n) is 0.787. The maximum atomic E-state index is 8.62. The summed E-state index contributed by atoms with van der Waals surface area (Å²) in [6.07, 6.45) is 0.532. The van der Waals surface area contributed by atoms with Gasteiger partial charge in [0, 0.05) is 20.8 Å². The topological polar surface area (TPSA) is 64.7 Å². The van der Waals surface area contributed by atoms with E-state index in [-0.39, 0.29) is 12.3 Å². The molecule has 0 amide bonds. The lowest BCUT2D eigenvalue weighted by Gasteiger charge is -2.28. The molecule has 0 aromatic rings. The number of aliphatic hydroxyl groups excluding tert-OH is 1. The monoisotopic (exact) mass is 179 g/mol. The SMILES string of the molecule is CO[Si](C)(OC)C(N)CCO. The predicted molar refractivity (Wildman–Crippen MR) is 45.3 cm³/mol. The van der Waals surface area contributed by atoms with E-state index in [0.29, 0.717) is 6.42 Å². The molecule has 0 aromatic heterocycles. The van der Waals surface area contributed by atoms with E-state index in [9.17, 15) is 0 Å². The summed E-state index contributed by atoms with van der Waals surface area (Å²) in [4.78, 5) is 0. The van der Waals surface area contributed by atoms with Gasteiger partial charge >= 0.3 is 8.56 Å². The molecule has 0 aliphatic heterocycles. The molecule has 0 rings (SSSR count). The van der Waals surface area contributed by atoms with Crippen molar-refractivity contribution in [2.75, 3.05) is 20.8 Å². The highest BCUT2D eigenvalue weighted by Crippen LogP contribution is 2.10. The molecule has 0 spiro atoms. The number of hydrogen-bond donors (Lipinski definition) is 2. The van der Waals surface area contributed by atoms with Gasteiger partial charge < -0.3 is 19.7 Å². The summed E-state index contributed by atoms with van der Waals surface area (Å²) in [5.41, 5.74) is 5.57. The van der Waals surface area contributed by atoms with E-state index in [1.165, 1.54) is 0 Å². The molecule has 0 saturated heterocycles. The fraction of sp³-hybridized carbons (Fsp3) is 1.00. The minimum Gasteiger partial charge on any atom is -0.397 e. The van der Waals surface area contributed by atoms with Crippen LogP contribution in [0.1, 0.15) is 6.42 Å². The van der Waals surface area contributed by atoms with Crippen LogP contribution in [0.25, 0.3) is 0 Å². The molecule has 4 nitrogen and oxygen atoms in total. The van der Waals surface area contributed by atoms with Crippen LogP contribution in [0.5, 0.6) is 0 Å². The molecular weight excluding hydrogens is 162 g/mol. The Morgan fingerprint density at radius 2 is 1.91 bits per heavy atom. The van der Waals surface area contributed by atoms with Crippen molar-refractivity contribution < 1.29 is 14.0 Å². The fourth-order valence-corrected chi connectivity index (χ4v) is 2.21. The Balaban J connectivity index is 4.00. The molecule has 5 heteroatoms. The zero-order valence-corrected chi connectivity index (χ0v) is 8.33. The number of nitrogens with two attached hydrogens (primary N) is 1. The predicted octanol–water partition coefficient (Wildman–Crippen LogP) is -0.400. The van der Waals surface area contributed by atoms with E-state index in [4.69, 9.17) is 19.7 Å². The van der Waals surface area contributed by atoms with Gasteiger partial charge in [-0.2, -0.15) is 0 Å². The first-order chi connectivity index (χ1) is 5.10. The third-order valence-corrected chi connectivity index (χ3v) is 5.18. The minimum absolute atomic E-state index is 0.0798. The smallest absolute Gasteiger partial charge is 0.351 e. The third-order valence-electron chi connectivity index (χ3n) is 1.92. The lowest BCUT2D eigenvalue weighted by Crippen LogP contribution is -2.54. The van der Waals surface area contributed by atoms with Crippen molar-refractivity contribution in [1.82, 2.24) is 0 Å². The summed E-state index contributed by atoms with van der Waals surface area (Å²) in [5, 5.41) is 8.62. The Labute approximate surface area is 68.6 Å². The molecule has 1 atom stereocenters. The van der Waals surface area contributed by atoms with Crippen molar-refractivity contribution in [3.63, 3.8) is 0 Å². The summed E-state index contributed by atoms with van der Waals surface area (Å²) in [6, 6.07) is 0. The van der Waals surface area contributed by atoms with Crippen LogP contribution < -0.4 is 5.73 Å². The van der Waals surface area contributed by atoms with Gasteiger partial charge in [-0.05, 0) is 13.0 Å². The zero-order valence-electron chi connectivity index (χ0n) is 7.33. The molecule has 11 heavy (non-hydrogen) atoms. The normalized spacial score (nSPS) is 15.0. The first kappa shape index (κ1) is 11.1. The Morgan fingerprint density at radius 3 is 2.18 bits per heavy atom. The Bertz CT molecular complexity index is 108. The first-order valence-electron chi connectivity index (χ1n) is 3.57. The van der Waals surface area contributed by atoms with Crippen LogP contribution in [-0.2, 0) is 8.85 Å². The molecule has 0 bridgehead atoms. The van der Waals surface area contributed by atoms with Crippen LogP contribution in [0.4, 0.5) is 0 Å². The van der Waals surface area contributed by atoms with E-state index in [1.807, 2.05) is 6.55 Å². The van der Waals surface area contributed by atoms with Crippen LogP contribution in [0.2, 0.25) is 6.55 Å². The lowest BCUT2D eigenvalue weighted by molar-refractivity contribution is 0.221. The van der Waals surface area contributed by atoms with Gasteiger partial charge in [0.25, 0.3) is 0 Å². The summed E-state index contributed by atoms with van der Waals surface area (Å²) in [5.74, 6) is 0. The minimum atomic E-state index is -2.20. The average Bonchev–Trinajstić information content (AvgIpc) is 2.03. The van der Waals surface area contributed by atoms with Gasteiger partial charge in [-0.25, -0.2) is 0 Å². The molecule has 68 valence electrons. The van der Waals surface area contributed by atoms with E-state index in [0.717, 1.165) is 0 Å². The number of rotatable bonds is 5. The zero-order chi connectivity index (χ0) is 8.91. The van der Waals surface area contributed by atoms with Gasteiger partial charge in [0.1, 0.15) is 0 Å². The second-order valence-corrected chi connectivity index (χ2v) is 6.13. The molecule has 0 radical (unpaired) electrons. The molecular formula is C6H17NO3Si. The number of hydrogen-bond acceptors (Lipinski definition) is 4. The highest BCUT2D eigenvalue weighted by molar-refractivity contribution is 6.67. The largest absolute Gasteiger partial charge is 0.397 e. The van der Waals surface area contributed by atoms with Gasteiger partial charge in [-0.15, -0.1) is 0 Å². The van der Waals surface area contributed by atoms with Crippen LogP contribution in [0, 0.1) is 0 Å². The van der Waals surface area contributed by atoms with Crippen molar-refractivity contribution in [2.45, 2.75) is 18.6 Å². The Morgan fingerprint density at radius 1 is 1.45 bits per heavy atom. The van der Waals surface area contributed by atoms with Gasteiger partial charge in [0.15, 0.2) is 0 Å². The van der Waals surface area contributed by atoms with Crippen molar-refractivity contribution in [1.29, 1.82) is 0 Å².